The molecule has 0 unspecified atom stereocenters. The molecule has 0 saturated heterocycles. The van der Waals surface area contributed by atoms with Gasteiger partial charge in [0, 0.05) is 0 Å². The molecule has 0 amide bonds. The van der Waals surface area contributed by atoms with Gasteiger partial charge in [0.2, 0.25) is 0 Å². The van der Waals surface area contributed by atoms with Gasteiger partial charge in [-0.25, -0.2) is 0 Å². The molecule has 76 valence electrons. The van der Waals surface area contributed by atoms with E-state index in [4.69, 9.17) is 10.8 Å². The average Bonchev–Trinajstić information content (AvgIpc) is 2.18. The fraction of sp³-hybridized carbons (Fsp3) is 0.300. The van der Waals surface area contributed by atoms with Crippen LogP contribution in [0.15, 0.2) is 30.3 Å². The SMILES string of the molecule is C[C@@](O)(c1ccccc1)[C@@H](N)C(=O)O. The highest BCUT2D eigenvalue weighted by molar-refractivity contribution is 5.75. The van der Waals surface area contributed by atoms with Crippen LogP contribution in [-0.4, -0.2) is 22.2 Å². The summed E-state index contributed by atoms with van der Waals surface area (Å²) in [6, 6.07) is 7.18. The van der Waals surface area contributed by atoms with E-state index in [1.165, 1.54) is 6.92 Å². The maximum atomic E-state index is 10.6. The molecule has 0 bridgehead atoms. The minimum absolute atomic E-state index is 0.495. The highest BCUT2D eigenvalue weighted by Crippen LogP contribution is 2.23. The molecule has 0 aliphatic carbocycles. The molecule has 0 radical (unpaired) electrons. The van der Waals surface area contributed by atoms with Gasteiger partial charge in [-0.1, -0.05) is 30.3 Å². The monoisotopic (exact) mass is 195 g/mol. The number of aliphatic hydroxyl groups is 1. The van der Waals surface area contributed by atoms with E-state index in [0.29, 0.717) is 5.56 Å². The molecule has 0 spiro atoms. The Bertz CT molecular complexity index is 321. The summed E-state index contributed by atoms with van der Waals surface area (Å²) in [6.07, 6.45) is 0. The van der Waals surface area contributed by atoms with Crippen LogP contribution in [0.25, 0.3) is 0 Å². The van der Waals surface area contributed by atoms with Gasteiger partial charge in [-0.3, -0.25) is 4.79 Å². The second-order valence-corrected chi connectivity index (χ2v) is 3.33. The van der Waals surface area contributed by atoms with Crippen molar-refractivity contribution in [2.45, 2.75) is 18.6 Å². The lowest BCUT2D eigenvalue weighted by atomic mass is 9.89. The summed E-state index contributed by atoms with van der Waals surface area (Å²) in [5.41, 5.74) is 4.32. The zero-order chi connectivity index (χ0) is 10.8. The molecule has 0 aliphatic rings. The van der Waals surface area contributed by atoms with Crippen LogP contribution in [0.1, 0.15) is 12.5 Å². The Kier molecular flexibility index (Phi) is 2.88. The van der Waals surface area contributed by atoms with Gasteiger partial charge in [0.25, 0.3) is 0 Å². The molecule has 0 aliphatic heterocycles. The largest absolute Gasteiger partial charge is 0.480 e. The Labute approximate surface area is 82.0 Å². The summed E-state index contributed by atoms with van der Waals surface area (Å²) >= 11 is 0. The molecule has 14 heavy (non-hydrogen) atoms. The molecule has 1 aromatic rings. The Morgan fingerprint density at radius 3 is 2.36 bits per heavy atom. The van der Waals surface area contributed by atoms with Gasteiger partial charge in [-0.15, -0.1) is 0 Å². The van der Waals surface area contributed by atoms with E-state index in [2.05, 4.69) is 0 Å². The van der Waals surface area contributed by atoms with Crippen LogP contribution in [0, 0.1) is 0 Å². The molecular formula is C10H13NO3. The van der Waals surface area contributed by atoms with Crippen LogP contribution in [0.3, 0.4) is 0 Å². The van der Waals surface area contributed by atoms with Crippen LogP contribution >= 0.6 is 0 Å². The van der Waals surface area contributed by atoms with Crippen LogP contribution in [0.4, 0.5) is 0 Å². The van der Waals surface area contributed by atoms with Crippen molar-refractivity contribution in [3.63, 3.8) is 0 Å². The second kappa shape index (κ2) is 3.77. The number of hydrogen-bond acceptors (Lipinski definition) is 3. The fourth-order valence-electron chi connectivity index (χ4n) is 1.20. The molecule has 2 atom stereocenters. The Morgan fingerprint density at radius 2 is 1.93 bits per heavy atom. The van der Waals surface area contributed by atoms with Gasteiger partial charge in [-0.2, -0.15) is 0 Å². The number of benzene rings is 1. The summed E-state index contributed by atoms with van der Waals surface area (Å²) < 4.78 is 0. The van der Waals surface area contributed by atoms with Crippen molar-refractivity contribution >= 4 is 5.97 Å². The highest BCUT2D eigenvalue weighted by atomic mass is 16.4. The summed E-state index contributed by atoms with van der Waals surface area (Å²) in [5, 5.41) is 18.6. The van der Waals surface area contributed by atoms with Crippen molar-refractivity contribution < 1.29 is 15.0 Å². The first-order valence-electron chi connectivity index (χ1n) is 4.22. The first-order chi connectivity index (χ1) is 6.46. The molecule has 0 saturated carbocycles. The van der Waals surface area contributed by atoms with E-state index in [1.807, 2.05) is 0 Å². The maximum absolute atomic E-state index is 10.6. The summed E-state index contributed by atoms with van der Waals surface area (Å²) in [7, 11) is 0. The zero-order valence-corrected chi connectivity index (χ0v) is 7.84. The lowest BCUT2D eigenvalue weighted by Crippen LogP contribution is -2.48. The van der Waals surface area contributed by atoms with E-state index in [-0.39, 0.29) is 0 Å². The van der Waals surface area contributed by atoms with Crippen molar-refractivity contribution in [1.82, 2.24) is 0 Å². The number of rotatable bonds is 3. The maximum Gasteiger partial charge on any atom is 0.323 e. The van der Waals surface area contributed by atoms with Crippen molar-refractivity contribution in [3.05, 3.63) is 35.9 Å². The number of hydrogen-bond donors (Lipinski definition) is 3. The molecular weight excluding hydrogens is 182 g/mol. The molecule has 4 N–H and O–H groups in total. The number of aliphatic carboxylic acids is 1. The summed E-state index contributed by atoms with van der Waals surface area (Å²) in [4.78, 5) is 10.6. The van der Waals surface area contributed by atoms with Crippen LogP contribution < -0.4 is 5.73 Å². The lowest BCUT2D eigenvalue weighted by molar-refractivity contribution is -0.145. The van der Waals surface area contributed by atoms with Gasteiger partial charge < -0.3 is 15.9 Å². The molecule has 0 fully saturated rings. The Hall–Kier alpha value is -1.39. The van der Waals surface area contributed by atoms with E-state index < -0.39 is 17.6 Å². The third-order valence-electron chi connectivity index (χ3n) is 2.23. The molecule has 4 heteroatoms. The van der Waals surface area contributed by atoms with Crippen molar-refractivity contribution in [1.29, 1.82) is 0 Å². The van der Waals surface area contributed by atoms with E-state index in [0.717, 1.165) is 0 Å². The van der Waals surface area contributed by atoms with Gasteiger partial charge in [0.1, 0.15) is 11.6 Å². The molecule has 1 aromatic carbocycles. The molecule has 4 nitrogen and oxygen atoms in total. The minimum atomic E-state index is -1.55. The van der Waals surface area contributed by atoms with E-state index in [1.54, 1.807) is 30.3 Å². The predicted molar refractivity (Wildman–Crippen MR) is 51.6 cm³/mol. The third-order valence-corrected chi connectivity index (χ3v) is 2.23. The molecule has 0 heterocycles. The number of carboxylic acid groups (broad SMARTS) is 1. The summed E-state index contributed by atoms with van der Waals surface area (Å²) in [6.45, 7) is 1.39. The zero-order valence-electron chi connectivity index (χ0n) is 7.84. The number of carboxylic acids is 1. The normalized spacial score (nSPS) is 17.1. The van der Waals surface area contributed by atoms with Gasteiger partial charge in [-0.05, 0) is 12.5 Å². The predicted octanol–water partition coefficient (Wildman–Crippen LogP) is 0.306. The van der Waals surface area contributed by atoms with Crippen molar-refractivity contribution in [2.24, 2.45) is 5.73 Å². The smallest absolute Gasteiger partial charge is 0.323 e. The van der Waals surface area contributed by atoms with Gasteiger partial charge in [0.05, 0.1) is 0 Å². The fourth-order valence-corrected chi connectivity index (χ4v) is 1.20. The number of nitrogens with two attached hydrogens (primary N) is 1. The first kappa shape index (κ1) is 10.7. The highest BCUT2D eigenvalue weighted by Gasteiger charge is 2.35. The molecule has 0 aromatic heterocycles. The van der Waals surface area contributed by atoms with Gasteiger partial charge >= 0.3 is 5.97 Å². The first-order valence-corrected chi connectivity index (χ1v) is 4.22. The lowest BCUT2D eigenvalue weighted by Gasteiger charge is -2.27. The summed E-state index contributed by atoms with van der Waals surface area (Å²) in [5.74, 6) is -1.22. The van der Waals surface area contributed by atoms with Crippen LogP contribution in [-0.2, 0) is 10.4 Å². The van der Waals surface area contributed by atoms with Crippen molar-refractivity contribution in [2.75, 3.05) is 0 Å². The van der Waals surface area contributed by atoms with Crippen LogP contribution in [0.5, 0.6) is 0 Å². The quantitative estimate of drug-likeness (QED) is 0.648. The standard InChI is InChI=1S/C10H13NO3/c1-10(14,8(11)9(12)13)7-5-3-2-4-6-7/h2-6,8,14H,11H2,1H3,(H,12,13)/t8-,10+/m0/s1. The number of carbonyl (C=O) groups is 1. The van der Waals surface area contributed by atoms with Gasteiger partial charge in [0.15, 0.2) is 0 Å². The topological polar surface area (TPSA) is 83.5 Å². The van der Waals surface area contributed by atoms with Crippen molar-refractivity contribution in [3.8, 4) is 0 Å². The Balaban J connectivity index is 3.02. The average molecular weight is 195 g/mol. The van der Waals surface area contributed by atoms with Crippen LogP contribution in [0.2, 0.25) is 0 Å². The minimum Gasteiger partial charge on any atom is -0.480 e. The second-order valence-electron chi connectivity index (χ2n) is 3.33. The molecule has 1 rings (SSSR count). The Morgan fingerprint density at radius 1 is 1.43 bits per heavy atom. The third kappa shape index (κ3) is 1.92. The van der Waals surface area contributed by atoms with E-state index >= 15 is 0 Å². The van der Waals surface area contributed by atoms with E-state index in [9.17, 15) is 9.90 Å².